The van der Waals surface area contributed by atoms with Gasteiger partial charge in [0.1, 0.15) is 11.5 Å². The number of carbonyl (C=O) groups is 2. The normalized spacial score (nSPS) is 24.5. The van der Waals surface area contributed by atoms with Crippen molar-refractivity contribution in [3.63, 3.8) is 0 Å². The van der Waals surface area contributed by atoms with Gasteiger partial charge in [-0.25, -0.2) is 0 Å². The number of nitrogens with one attached hydrogen (secondary N) is 1. The zero-order valence-corrected chi connectivity index (χ0v) is 25.5. The van der Waals surface area contributed by atoms with E-state index in [4.69, 9.17) is 11.6 Å². The maximum Gasteiger partial charge on any atom is 0.233 e. The van der Waals surface area contributed by atoms with Crippen LogP contribution >= 0.6 is 23.2 Å². The van der Waals surface area contributed by atoms with Crippen molar-refractivity contribution < 1.29 is 19.8 Å². The van der Waals surface area contributed by atoms with Crippen molar-refractivity contribution >= 4 is 68.6 Å². The molecular formula is C33H35Cl2N3O4. The third-order valence-corrected chi connectivity index (χ3v) is 9.95. The van der Waals surface area contributed by atoms with Gasteiger partial charge in [0, 0.05) is 60.4 Å². The van der Waals surface area contributed by atoms with Crippen LogP contribution in [0, 0.1) is 17.8 Å². The van der Waals surface area contributed by atoms with Crippen LogP contribution in [0.2, 0.25) is 0 Å². The first kappa shape index (κ1) is 28.7. The number of amides is 2. The van der Waals surface area contributed by atoms with Crippen molar-refractivity contribution in [2.45, 2.75) is 45.4 Å². The van der Waals surface area contributed by atoms with Crippen molar-refractivity contribution in [2.75, 3.05) is 35.2 Å². The molecule has 0 radical (unpaired) electrons. The van der Waals surface area contributed by atoms with Gasteiger partial charge < -0.3 is 25.0 Å². The van der Waals surface area contributed by atoms with E-state index in [-0.39, 0.29) is 28.7 Å². The van der Waals surface area contributed by atoms with Crippen LogP contribution in [0.4, 0.5) is 11.4 Å². The Balaban J connectivity index is 0.000000145. The topological polar surface area (TPSA) is 96.9 Å². The number of H-pyrrole nitrogens is 1. The quantitative estimate of drug-likeness (QED) is 0.173. The smallest absolute Gasteiger partial charge is 0.233 e. The summed E-state index contributed by atoms with van der Waals surface area (Å²) in [6.07, 6.45) is 8.14. The number of hydrogen-bond acceptors (Lipinski definition) is 4. The van der Waals surface area contributed by atoms with E-state index in [1.165, 1.54) is 11.9 Å². The maximum absolute atomic E-state index is 13.0. The number of carbonyl (C=O) groups excluding carboxylic acids is 2. The van der Waals surface area contributed by atoms with Gasteiger partial charge in [0.05, 0.1) is 22.3 Å². The van der Waals surface area contributed by atoms with Crippen molar-refractivity contribution in [2.24, 2.45) is 10.8 Å². The van der Waals surface area contributed by atoms with E-state index >= 15 is 0 Å². The summed E-state index contributed by atoms with van der Waals surface area (Å²) in [5.74, 6) is 1.30. The number of aryl methyl sites for hydroxylation is 1. The second-order valence-corrected chi connectivity index (χ2v) is 12.7. The average molecular weight is 609 g/mol. The fourth-order valence-corrected chi connectivity index (χ4v) is 8.30. The summed E-state index contributed by atoms with van der Waals surface area (Å²) in [6.45, 7) is 5.58. The molecule has 3 N–H and O–H groups in total. The Morgan fingerprint density at radius 1 is 1.10 bits per heavy atom. The predicted octanol–water partition coefficient (Wildman–Crippen LogP) is 6.96. The average Bonchev–Trinajstić information content (AvgIpc) is 3.67. The number of halogens is 2. The summed E-state index contributed by atoms with van der Waals surface area (Å²) in [5, 5.41) is 23.3. The number of aromatic amines is 1. The molecule has 2 amide bonds. The van der Waals surface area contributed by atoms with Gasteiger partial charge in [0.2, 0.25) is 12.3 Å². The summed E-state index contributed by atoms with van der Waals surface area (Å²) in [6, 6.07) is 11.3. The number of fused-ring (bicyclic) bond motifs is 6. The Kier molecular flexibility index (Phi) is 7.09. The van der Waals surface area contributed by atoms with E-state index in [1.54, 1.807) is 17.0 Å². The Morgan fingerprint density at radius 3 is 2.40 bits per heavy atom. The van der Waals surface area contributed by atoms with Crippen LogP contribution in [0.25, 0.3) is 21.7 Å². The molecule has 4 aromatic rings. The van der Waals surface area contributed by atoms with Crippen molar-refractivity contribution in [1.29, 1.82) is 0 Å². The highest BCUT2D eigenvalue weighted by atomic mass is 35.5. The standard InChI is InChI=1S/C19H19NO2.C13H13ClN2O2.CH3Cl/c1-18-9-19(10-18,11-18)17(22)20-7-6-13-12-4-2-3-5-14(12)16(21)8-15(13)20;1-7-4-15-13-10(18)2-9-12(11(7)13)8(3-14)5-16(9)6-17;1-2/h2-5,8,21H,6-7,9-11H2,1H3;2,4,6,8,15,18H,3,5H2,1H3;1H3. The van der Waals surface area contributed by atoms with E-state index < -0.39 is 0 Å². The second-order valence-electron chi connectivity index (χ2n) is 12.4. The van der Waals surface area contributed by atoms with E-state index in [9.17, 15) is 19.8 Å². The van der Waals surface area contributed by atoms with Gasteiger partial charge in [-0.3, -0.25) is 9.59 Å². The van der Waals surface area contributed by atoms with Crippen LogP contribution in [0.3, 0.4) is 0 Å². The predicted molar refractivity (Wildman–Crippen MR) is 169 cm³/mol. The minimum Gasteiger partial charge on any atom is -0.507 e. The number of phenolic OH excluding ortho intramolecular Hbond substituents is 2. The molecule has 1 unspecified atom stereocenters. The lowest BCUT2D eigenvalue weighted by Gasteiger charge is -2.68. The molecule has 2 aliphatic heterocycles. The van der Waals surface area contributed by atoms with Gasteiger partial charge >= 0.3 is 0 Å². The number of anilines is 2. The number of alkyl halides is 2. The SMILES string of the molecule is CC12CC(C(=O)N3CCc4c3cc(O)c3ccccc43)(C1)C2.CCl.Cc1c[nH]c2c(O)cc3c(c12)C(CCl)CN3C=O. The Morgan fingerprint density at radius 2 is 1.76 bits per heavy atom. The van der Waals surface area contributed by atoms with E-state index in [1.807, 2.05) is 42.3 Å². The Hall–Kier alpha value is -3.42. The van der Waals surface area contributed by atoms with E-state index in [0.29, 0.717) is 23.4 Å². The highest BCUT2D eigenvalue weighted by Gasteiger charge is 2.69. The molecule has 220 valence electrons. The van der Waals surface area contributed by atoms with Gasteiger partial charge in [-0.1, -0.05) is 31.2 Å². The van der Waals surface area contributed by atoms with Crippen LogP contribution in [-0.4, -0.2) is 52.9 Å². The van der Waals surface area contributed by atoms with Crippen molar-refractivity contribution in [3.05, 3.63) is 59.3 Å². The summed E-state index contributed by atoms with van der Waals surface area (Å²) in [5.41, 5.74) is 6.08. The van der Waals surface area contributed by atoms with Gasteiger partial charge in [-0.15, -0.1) is 23.2 Å². The fraction of sp³-hybridized carbons (Fsp3) is 0.394. The van der Waals surface area contributed by atoms with Gasteiger partial charge in [0.25, 0.3) is 0 Å². The van der Waals surface area contributed by atoms with Gasteiger partial charge in [-0.05, 0) is 60.1 Å². The highest BCUT2D eigenvalue weighted by Crippen LogP contribution is 2.73. The van der Waals surface area contributed by atoms with Gasteiger partial charge in [-0.2, -0.15) is 0 Å². The molecule has 42 heavy (non-hydrogen) atoms. The van der Waals surface area contributed by atoms with Gasteiger partial charge in [0.15, 0.2) is 0 Å². The molecule has 3 aromatic carbocycles. The lowest BCUT2D eigenvalue weighted by molar-refractivity contribution is -0.196. The highest BCUT2D eigenvalue weighted by molar-refractivity contribution is 6.19. The van der Waals surface area contributed by atoms with E-state index in [0.717, 1.165) is 77.3 Å². The number of hydrogen-bond donors (Lipinski definition) is 3. The third kappa shape index (κ3) is 4.15. The molecule has 1 atom stereocenters. The molecular weight excluding hydrogens is 573 g/mol. The third-order valence-electron chi connectivity index (χ3n) is 9.58. The lowest BCUT2D eigenvalue weighted by Crippen LogP contribution is -2.66. The largest absolute Gasteiger partial charge is 0.507 e. The lowest BCUT2D eigenvalue weighted by atomic mass is 9.35. The molecule has 9 rings (SSSR count). The molecule has 1 aromatic heterocycles. The summed E-state index contributed by atoms with van der Waals surface area (Å²) in [7, 11) is 0. The number of aromatic nitrogens is 1. The monoisotopic (exact) mass is 607 g/mol. The van der Waals surface area contributed by atoms with Crippen molar-refractivity contribution in [1.82, 2.24) is 4.98 Å². The van der Waals surface area contributed by atoms with Crippen molar-refractivity contribution in [3.8, 4) is 11.5 Å². The molecule has 9 heteroatoms. The molecule has 3 aliphatic carbocycles. The summed E-state index contributed by atoms with van der Waals surface area (Å²) < 4.78 is 0. The Labute approximate surface area is 255 Å². The first-order valence-corrected chi connectivity index (χ1v) is 15.5. The van der Waals surface area contributed by atoms with Crippen LogP contribution in [0.1, 0.15) is 48.8 Å². The number of benzene rings is 3. The minimum atomic E-state index is -0.0857. The van der Waals surface area contributed by atoms with Crippen LogP contribution in [0.15, 0.2) is 42.6 Å². The maximum atomic E-state index is 13.0. The molecule has 3 saturated carbocycles. The Bertz CT molecular complexity index is 1710. The second kappa shape index (κ2) is 10.4. The van der Waals surface area contributed by atoms with Crippen LogP contribution < -0.4 is 9.80 Å². The minimum absolute atomic E-state index is 0.0857. The zero-order chi connectivity index (χ0) is 30.0. The van der Waals surface area contributed by atoms with E-state index in [2.05, 4.69) is 23.5 Å². The number of aromatic hydroxyl groups is 2. The first-order chi connectivity index (χ1) is 20.2. The fourth-order valence-electron chi connectivity index (χ4n) is 8.05. The molecule has 3 fully saturated rings. The molecule has 0 saturated heterocycles. The van der Waals surface area contributed by atoms with Crippen LogP contribution in [0.5, 0.6) is 11.5 Å². The number of phenols is 2. The molecule has 2 bridgehead atoms. The molecule has 3 heterocycles. The summed E-state index contributed by atoms with van der Waals surface area (Å²) >= 11 is 10.6. The summed E-state index contributed by atoms with van der Waals surface area (Å²) in [4.78, 5) is 30.7. The first-order valence-electron chi connectivity index (χ1n) is 14.2. The number of nitrogens with zero attached hydrogens (tertiary/aromatic N) is 2. The number of rotatable bonds is 3. The zero-order valence-electron chi connectivity index (χ0n) is 24.0. The molecule has 7 nitrogen and oxygen atoms in total. The van der Waals surface area contributed by atoms with Crippen LogP contribution in [-0.2, 0) is 16.0 Å². The molecule has 0 spiro atoms. The molecule has 5 aliphatic rings.